The number of aryl methyl sites for hydroxylation is 1. The van der Waals surface area contributed by atoms with Gasteiger partial charge in [0.05, 0.1) is 5.92 Å². The van der Waals surface area contributed by atoms with Crippen molar-refractivity contribution in [1.82, 2.24) is 9.88 Å². The Morgan fingerprint density at radius 1 is 1.35 bits per heavy atom. The largest absolute Gasteiger partial charge is 0.356 e. The Bertz CT molecular complexity index is 727. The highest BCUT2D eigenvalue weighted by atomic mass is 32.1. The van der Waals surface area contributed by atoms with E-state index in [1.807, 2.05) is 28.5 Å². The van der Waals surface area contributed by atoms with Gasteiger partial charge in [-0.3, -0.25) is 4.79 Å². The molecule has 2 aliphatic heterocycles. The molecular weight excluding hydrogens is 306 g/mol. The molecule has 2 aromatic heterocycles. The molecule has 5 heteroatoms. The molecule has 4 heterocycles. The maximum Gasteiger partial charge on any atom is 0.227 e. The molecule has 1 amide bonds. The molecule has 4 nitrogen and oxygen atoms in total. The van der Waals surface area contributed by atoms with E-state index in [-0.39, 0.29) is 5.92 Å². The van der Waals surface area contributed by atoms with Gasteiger partial charge in [-0.05, 0) is 54.5 Å². The van der Waals surface area contributed by atoms with Crippen LogP contribution in [-0.4, -0.2) is 35.4 Å². The molecule has 0 aromatic carbocycles. The Hall–Kier alpha value is -1.88. The van der Waals surface area contributed by atoms with Crippen molar-refractivity contribution in [2.45, 2.75) is 26.3 Å². The van der Waals surface area contributed by atoms with Gasteiger partial charge >= 0.3 is 0 Å². The van der Waals surface area contributed by atoms with Crippen molar-refractivity contribution in [3.8, 4) is 0 Å². The fraction of sp³-hybridized carbons (Fsp3) is 0.444. The minimum Gasteiger partial charge on any atom is -0.356 e. The van der Waals surface area contributed by atoms with E-state index < -0.39 is 0 Å². The van der Waals surface area contributed by atoms with E-state index in [9.17, 15) is 4.79 Å². The van der Waals surface area contributed by atoms with Gasteiger partial charge in [0.1, 0.15) is 5.82 Å². The lowest BCUT2D eigenvalue weighted by molar-refractivity contribution is -0.135. The molecule has 1 saturated heterocycles. The normalized spacial score (nSPS) is 20.7. The van der Waals surface area contributed by atoms with Gasteiger partial charge in [-0.25, -0.2) is 4.98 Å². The molecule has 2 aliphatic rings. The van der Waals surface area contributed by atoms with E-state index in [1.54, 1.807) is 0 Å². The standard InChI is InChI=1S/C18H21N3OS/c1-13-2-6-19-17(10-13)20-7-3-15(12-20)18(22)21-8-4-16-14(11-21)5-9-23-16/h2,5-6,9-10,15H,3-4,7-8,11-12H2,1H3. The van der Waals surface area contributed by atoms with Gasteiger partial charge < -0.3 is 9.80 Å². The first kappa shape index (κ1) is 14.7. The number of carbonyl (C=O) groups is 1. The monoisotopic (exact) mass is 327 g/mol. The third-order valence-electron chi connectivity index (χ3n) is 4.88. The van der Waals surface area contributed by atoms with Crippen LogP contribution in [0.3, 0.4) is 0 Å². The topological polar surface area (TPSA) is 36.4 Å². The van der Waals surface area contributed by atoms with Crippen molar-refractivity contribution in [3.05, 3.63) is 45.8 Å². The van der Waals surface area contributed by atoms with Gasteiger partial charge in [-0.15, -0.1) is 11.3 Å². The van der Waals surface area contributed by atoms with Crippen molar-refractivity contribution >= 4 is 23.1 Å². The number of rotatable bonds is 2. The molecule has 0 spiro atoms. The minimum atomic E-state index is 0.109. The Morgan fingerprint density at radius 2 is 2.26 bits per heavy atom. The van der Waals surface area contributed by atoms with Gasteiger partial charge in [0, 0.05) is 37.3 Å². The second kappa shape index (κ2) is 5.96. The van der Waals surface area contributed by atoms with Crippen LogP contribution in [0.25, 0.3) is 0 Å². The summed E-state index contributed by atoms with van der Waals surface area (Å²) in [6, 6.07) is 6.27. The van der Waals surface area contributed by atoms with Crippen LogP contribution in [-0.2, 0) is 17.8 Å². The summed E-state index contributed by atoms with van der Waals surface area (Å²) in [4.78, 5) is 23.1. The average molecular weight is 327 g/mol. The first-order valence-electron chi connectivity index (χ1n) is 8.22. The molecule has 23 heavy (non-hydrogen) atoms. The van der Waals surface area contributed by atoms with E-state index in [0.29, 0.717) is 5.91 Å². The van der Waals surface area contributed by atoms with E-state index in [0.717, 1.165) is 44.8 Å². The fourth-order valence-electron chi connectivity index (χ4n) is 3.56. The highest BCUT2D eigenvalue weighted by molar-refractivity contribution is 7.10. The minimum absolute atomic E-state index is 0.109. The number of thiophene rings is 1. The summed E-state index contributed by atoms with van der Waals surface area (Å²) in [6.07, 6.45) is 3.79. The lowest BCUT2D eigenvalue weighted by Crippen LogP contribution is -2.40. The lowest BCUT2D eigenvalue weighted by Gasteiger charge is -2.29. The van der Waals surface area contributed by atoms with Crippen LogP contribution in [0.2, 0.25) is 0 Å². The molecule has 0 bridgehead atoms. The maximum atomic E-state index is 12.9. The van der Waals surface area contributed by atoms with Crippen LogP contribution in [0.1, 0.15) is 22.4 Å². The molecule has 0 N–H and O–H groups in total. The summed E-state index contributed by atoms with van der Waals surface area (Å²) < 4.78 is 0. The Labute approximate surface area is 140 Å². The summed E-state index contributed by atoms with van der Waals surface area (Å²) in [5.41, 5.74) is 2.55. The molecule has 0 aliphatic carbocycles. The number of hydrogen-bond acceptors (Lipinski definition) is 4. The summed E-state index contributed by atoms with van der Waals surface area (Å²) in [5, 5.41) is 2.14. The van der Waals surface area contributed by atoms with Crippen molar-refractivity contribution in [3.63, 3.8) is 0 Å². The van der Waals surface area contributed by atoms with Crippen molar-refractivity contribution in [1.29, 1.82) is 0 Å². The number of pyridine rings is 1. The molecule has 120 valence electrons. The highest BCUT2D eigenvalue weighted by Crippen LogP contribution is 2.28. The van der Waals surface area contributed by atoms with Crippen LogP contribution in [0.15, 0.2) is 29.8 Å². The molecule has 1 unspecified atom stereocenters. The van der Waals surface area contributed by atoms with Gasteiger partial charge in [0.25, 0.3) is 0 Å². The van der Waals surface area contributed by atoms with Crippen LogP contribution < -0.4 is 4.90 Å². The zero-order valence-electron chi connectivity index (χ0n) is 13.4. The predicted octanol–water partition coefficient (Wildman–Crippen LogP) is 2.86. The summed E-state index contributed by atoms with van der Waals surface area (Å²) >= 11 is 1.82. The lowest BCUT2D eigenvalue weighted by atomic mass is 10.0. The number of carbonyl (C=O) groups excluding carboxylic acids is 1. The number of aromatic nitrogens is 1. The summed E-state index contributed by atoms with van der Waals surface area (Å²) in [7, 11) is 0. The van der Waals surface area contributed by atoms with Crippen LogP contribution in [0.4, 0.5) is 5.82 Å². The van der Waals surface area contributed by atoms with E-state index >= 15 is 0 Å². The third kappa shape index (κ3) is 2.85. The zero-order valence-corrected chi connectivity index (χ0v) is 14.2. The first-order valence-corrected chi connectivity index (χ1v) is 9.10. The van der Waals surface area contributed by atoms with Crippen LogP contribution in [0, 0.1) is 12.8 Å². The highest BCUT2D eigenvalue weighted by Gasteiger charge is 2.33. The van der Waals surface area contributed by atoms with Crippen molar-refractivity contribution in [2.24, 2.45) is 5.92 Å². The number of anilines is 1. The van der Waals surface area contributed by atoms with E-state index in [4.69, 9.17) is 0 Å². The molecular formula is C18H21N3OS. The van der Waals surface area contributed by atoms with E-state index in [1.165, 1.54) is 16.0 Å². The van der Waals surface area contributed by atoms with Gasteiger partial charge in [-0.1, -0.05) is 0 Å². The third-order valence-corrected chi connectivity index (χ3v) is 5.90. The Balaban J connectivity index is 1.43. The molecule has 1 fully saturated rings. The number of amides is 1. The van der Waals surface area contributed by atoms with Crippen LogP contribution in [0.5, 0.6) is 0 Å². The second-order valence-corrected chi connectivity index (χ2v) is 7.50. The van der Waals surface area contributed by atoms with Crippen molar-refractivity contribution in [2.75, 3.05) is 24.5 Å². The quantitative estimate of drug-likeness (QED) is 0.851. The molecule has 4 rings (SSSR count). The number of fused-ring (bicyclic) bond motifs is 1. The Kier molecular flexibility index (Phi) is 3.81. The molecule has 0 radical (unpaired) electrons. The predicted molar refractivity (Wildman–Crippen MR) is 92.7 cm³/mol. The average Bonchev–Trinajstić information content (AvgIpc) is 3.22. The summed E-state index contributed by atoms with van der Waals surface area (Å²) in [6.45, 7) is 5.45. The molecule has 0 saturated carbocycles. The summed E-state index contributed by atoms with van der Waals surface area (Å²) in [5.74, 6) is 1.42. The van der Waals surface area contributed by atoms with Gasteiger partial charge in [0.2, 0.25) is 5.91 Å². The second-order valence-electron chi connectivity index (χ2n) is 6.50. The van der Waals surface area contributed by atoms with Gasteiger partial charge in [0.15, 0.2) is 0 Å². The fourth-order valence-corrected chi connectivity index (χ4v) is 4.45. The molecule has 1 atom stereocenters. The maximum absolute atomic E-state index is 12.9. The van der Waals surface area contributed by atoms with Gasteiger partial charge in [-0.2, -0.15) is 0 Å². The van der Waals surface area contributed by atoms with Crippen molar-refractivity contribution < 1.29 is 4.79 Å². The zero-order chi connectivity index (χ0) is 15.8. The first-order chi connectivity index (χ1) is 11.2. The number of hydrogen-bond donors (Lipinski definition) is 0. The molecule has 2 aromatic rings. The van der Waals surface area contributed by atoms with Crippen LogP contribution >= 0.6 is 11.3 Å². The number of nitrogens with zero attached hydrogens (tertiary/aromatic N) is 3. The van der Waals surface area contributed by atoms with E-state index in [2.05, 4.69) is 34.3 Å². The Morgan fingerprint density at radius 3 is 3.13 bits per heavy atom. The smallest absolute Gasteiger partial charge is 0.227 e. The SMILES string of the molecule is Cc1ccnc(N2CCC(C(=O)N3CCc4sccc4C3)C2)c1.